The minimum atomic E-state index is -4.42. The Morgan fingerprint density at radius 2 is 1.71 bits per heavy atom. The molecule has 2 rings (SSSR count). The number of rotatable bonds is 3. The Balaban J connectivity index is 2.15. The van der Waals surface area contributed by atoms with Crippen LogP contribution in [0.2, 0.25) is 0 Å². The summed E-state index contributed by atoms with van der Waals surface area (Å²) >= 11 is 5.02. The van der Waals surface area contributed by atoms with Gasteiger partial charge in [-0.15, -0.1) is 0 Å². The summed E-state index contributed by atoms with van der Waals surface area (Å²) in [6.07, 6.45) is -1.28. The van der Waals surface area contributed by atoms with E-state index >= 15 is 0 Å². The lowest BCUT2D eigenvalue weighted by Gasteiger charge is -2.29. The first kappa shape index (κ1) is 15.8. The topological polar surface area (TPSA) is 55.1 Å². The van der Waals surface area contributed by atoms with E-state index in [4.69, 9.17) is 18.0 Å². The van der Waals surface area contributed by atoms with Crippen molar-refractivity contribution in [1.82, 2.24) is 5.32 Å². The van der Waals surface area contributed by atoms with Crippen LogP contribution in [0.4, 0.5) is 13.2 Å². The molecule has 0 unspecified atom stereocenters. The van der Waals surface area contributed by atoms with E-state index in [1.807, 2.05) is 0 Å². The molecule has 21 heavy (non-hydrogen) atoms. The van der Waals surface area contributed by atoms with Crippen molar-refractivity contribution in [2.24, 2.45) is 5.73 Å². The molecule has 1 aliphatic carbocycles. The zero-order valence-corrected chi connectivity index (χ0v) is 12.0. The van der Waals surface area contributed by atoms with Gasteiger partial charge in [0.25, 0.3) is 5.91 Å². The van der Waals surface area contributed by atoms with E-state index in [1.54, 1.807) is 0 Å². The van der Waals surface area contributed by atoms with Crippen LogP contribution in [0.25, 0.3) is 0 Å². The average molecular weight is 316 g/mol. The number of hydrogen-bond donors (Lipinski definition) is 2. The van der Waals surface area contributed by atoms with Crippen molar-refractivity contribution in [3.05, 3.63) is 35.4 Å². The maximum absolute atomic E-state index is 12.5. The van der Waals surface area contributed by atoms with Gasteiger partial charge in [-0.2, -0.15) is 13.2 Å². The van der Waals surface area contributed by atoms with Gasteiger partial charge in [-0.1, -0.05) is 25.1 Å². The van der Waals surface area contributed by atoms with Gasteiger partial charge in [-0.25, -0.2) is 0 Å². The first-order valence-electron chi connectivity index (χ1n) is 6.54. The van der Waals surface area contributed by atoms with Crippen LogP contribution in [-0.2, 0) is 6.18 Å². The minimum Gasteiger partial charge on any atom is -0.391 e. The number of alkyl halides is 3. The summed E-state index contributed by atoms with van der Waals surface area (Å²) < 4.78 is 37.4. The molecule has 7 heteroatoms. The molecule has 1 fully saturated rings. The predicted molar refractivity (Wildman–Crippen MR) is 76.9 cm³/mol. The number of halogens is 3. The molecular formula is C14H15F3N2OS. The van der Waals surface area contributed by atoms with Crippen LogP contribution < -0.4 is 11.1 Å². The fraction of sp³-hybridized carbons (Fsp3) is 0.429. The molecule has 1 saturated carbocycles. The molecule has 1 aromatic rings. The van der Waals surface area contributed by atoms with Gasteiger partial charge in [0.05, 0.1) is 16.1 Å². The van der Waals surface area contributed by atoms with E-state index in [0.717, 1.165) is 37.1 Å². The number of benzene rings is 1. The van der Waals surface area contributed by atoms with Crippen LogP contribution in [0, 0.1) is 0 Å². The Labute approximate surface area is 125 Å². The van der Waals surface area contributed by atoms with E-state index in [0.29, 0.717) is 12.8 Å². The number of nitrogens with two attached hydrogens (primary N) is 1. The van der Waals surface area contributed by atoms with Crippen LogP contribution in [-0.4, -0.2) is 16.4 Å². The SMILES string of the molecule is NC(=S)C1(NC(=O)c2ccc(C(F)(F)F)cc2)CCCC1. The molecular weight excluding hydrogens is 301 g/mol. The molecule has 1 aliphatic rings. The fourth-order valence-electron chi connectivity index (χ4n) is 2.51. The lowest BCUT2D eigenvalue weighted by atomic mass is 9.97. The highest BCUT2D eigenvalue weighted by atomic mass is 32.1. The second-order valence-electron chi connectivity index (χ2n) is 5.18. The Bertz CT molecular complexity index is 548. The summed E-state index contributed by atoms with van der Waals surface area (Å²) in [5, 5.41) is 2.78. The van der Waals surface area contributed by atoms with Crippen molar-refractivity contribution in [3.8, 4) is 0 Å². The fourth-order valence-corrected chi connectivity index (χ4v) is 2.77. The van der Waals surface area contributed by atoms with E-state index < -0.39 is 23.2 Å². The predicted octanol–water partition coefficient (Wildman–Crippen LogP) is 3.03. The van der Waals surface area contributed by atoms with E-state index in [9.17, 15) is 18.0 Å². The monoisotopic (exact) mass is 316 g/mol. The largest absolute Gasteiger partial charge is 0.416 e. The first-order chi connectivity index (χ1) is 9.74. The van der Waals surface area contributed by atoms with Crippen LogP contribution in [0.15, 0.2) is 24.3 Å². The lowest BCUT2D eigenvalue weighted by Crippen LogP contribution is -2.54. The molecule has 0 bridgehead atoms. The van der Waals surface area contributed by atoms with Gasteiger partial charge in [0.2, 0.25) is 0 Å². The van der Waals surface area contributed by atoms with Crippen molar-refractivity contribution in [1.29, 1.82) is 0 Å². The molecule has 0 spiro atoms. The van der Waals surface area contributed by atoms with E-state index in [1.165, 1.54) is 0 Å². The van der Waals surface area contributed by atoms with Gasteiger partial charge in [-0.3, -0.25) is 4.79 Å². The summed E-state index contributed by atoms with van der Waals surface area (Å²) in [4.78, 5) is 12.4. The highest BCUT2D eigenvalue weighted by Crippen LogP contribution is 2.31. The van der Waals surface area contributed by atoms with Gasteiger partial charge >= 0.3 is 6.18 Å². The molecule has 0 atom stereocenters. The molecule has 114 valence electrons. The molecule has 3 N–H and O–H groups in total. The summed E-state index contributed by atoms with van der Waals surface area (Å²) in [6.45, 7) is 0. The number of thiocarbonyl (C=S) groups is 1. The standard InChI is InChI=1S/C14H15F3N2OS/c15-14(16,17)10-5-3-9(4-6-10)11(20)19-13(12(18)21)7-1-2-8-13/h3-6H,1-2,7-8H2,(H2,18,21)(H,19,20). The van der Waals surface area contributed by atoms with Crippen molar-refractivity contribution < 1.29 is 18.0 Å². The van der Waals surface area contributed by atoms with E-state index in [2.05, 4.69) is 5.32 Å². The molecule has 1 aromatic carbocycles. The third kappa shape index (κ3) is 3.34. The second-order valence-corrected chi connectivity index (χ2v) is 5.62. The van der Waals surface area contributed by atoms with Gasteiger partial charge < -0.3 is 11.1 Å². The molecule has 0 saturated heterocycles. The Kier molecular flexibility index (Phi) is 4.22. The number of nitrogens with one attached hydrogen (secondary N) is 1. The summed E-state index contributed by atoms with van der Waals surface area (Å²) in [6, 6.07) is 4.08. The quantitative estimate of drug-likeness (QED) is 0.843. The third-order valence-electron chi connectivity index (χ3n) is 3.76. The van der Waals surface area contributed by atoms with Gasteiger partial charge in [0.1, 0.15) is 0 Å². The maximum Gasteiger partial charge on any atom is 0.416 e. The minimum absolute atomic E-state index is 0.158. The maximum atomic E-state index is 12.5. The van der Waals surface area contributed by atoms with Crippen molar-refractivity contribution in [2.45, 2.75) is 37.4 Å². The highest BCUT2D eigenvalue weighted by molar-refractivity contribution is 7.80. The van der Waals surface area contributed by atoms with Crippen molar-refractivity contribution >= 4 is 23.1 Å². The number of carbonyl (C=O) groups excluding carboxylic acids is 1. The normalized spacial score (nSPS) is 17.5. The summed E-state index contributed by atoms with van der Waals surface area (Å²) in [5.41, 5.74) is 4.36. The lowest BCUT2D eigenvalue weighted by molar-refractivity contribution is -0.137. The molecule has 0 aromatic heterocycles. The van der Waals surface area contributed by atoms with Crippen molar-refractivity contribution in [3.63, 3.8) is 0 Å². The van der Waals surface area contributed by atoms with Crippen LogP contribution >= 0.6 is 12.2 Å². The first-order valence-corrected chi connectivity index (χ1v) is 6.95. The van der Waals surface area contributed by atoms with Gasteiger partial charge in [-0.05, 0) is 37.1 Å². The smallest absolute Gasteiger partial charge is 0.391 e. The Morgan fingerprint density at radius 1 is 1.19 bits per heavy atom. The average Bonchev–Trinajstić information content (AvgIpc) is 2.88. The number of amides is 1. The number of hydrogen-bond acceptors (Lipinski definition) is 2. The van der Waals surface area contributed by atoms with E-state index in [-0.39, 0.29) is 10.6 Å². The van der Waals surface area contributed by atoms with Crippen LogP contribution in [0.3, 0.4) is 0 Å². The molecule has 0 radical (unpaired) electrons. The Hall–Kier alpha value is -1.63. The molecule has 1 amide bonds. The third-order valence-corrected chi connectivity index (χ3v) is 4.15. The zero-order valence-electron chi connectivity index (χ0n) is 11.2. The van der Waals surface area contributed by atoms with Crippen molar-refractivity contribution in [2.75, 3.05) is 0 Å². The van der Waals surface area contributed by atoms with Crippen LogP contribution in [0.5, 0.6) is 0 Å². The van der Waals surface area contributed by atoms with Crippen LogP contribution in [0.1, 0.15) is 41.6 Å². The Morgan fingerprint density at radius 3 is 2.14 bits per heavy atom. The molecule has 0 heterocycles. The second kappa shape index (κ2) is 5.63. The molecule has 0 aliphatic heterocycles. The number of carbonyl (C=O) groups is 1. The summed E-state index contributed by atoms with van der Waals surface area (Å²) in [5.74, 6) is -0.460. The zero-order chi connectivity index (χ0) is 15.7. The molecule has 3 nitrogen and oxygen atoms in total. The van der Waals surface area contributed by atoms with Gasteiger partial charge in [0.15, 0.2) is 0 Å². The summed E-state index contributed by atoms with van der Waals surface area (Å²) in [7, 11) is 0. The van der Waals surface area contributed by atoms with Gasteiger partial charge in [0, 0.05) is 5.56 Å². The highest BCUT2D eigenvalue weighted by Gasteiger charge is 2.38.